The summed E-state index contributed by atoms with van der Waals surface area (Å²) in [6.45, 7) is 1.12. The van der Waals surface area contributed by atoms with Crippen LogP contribution in [-0.2, 0) is 24.3 Å². The summed E-state index contributed by atoms with van der Waals surface area (Å²) >= 11 is 0. The lowest BCUT2D eigenvalue weighted by molar-refractivity contribution is -0.136. The first kappa shape index (κ1) is 22.2. The highest BCUT2D eigenvalue weighted by molar-refractivity contribution is 5.79. The Morgan fingerprint density at radius 1 is 1.09 bits per heavy atom. The molecule has 0 saturated carbocycles. The van der Waals surface area contributed by atoms with E-state index >= 15 is 0 Å². The average Bonchev–Trinajstić information content (AvgIpc) is 2.86. The number of carbonyl (C=O) groups is 1. The lowest BCUT2D eigenvalue weighted by atomic mass is 9.91. The van der Waals surface area contributed by atoms with Crippen LogP contribution >= 0.6 is 0 Å². The summed E-state index contributed by atoms with van der Waals surface area (Å²) in [6, 6.07) is 10.4. The lowest BCUT2D eigenvalue weighted by Crippen LogP contribution is -2.42. The number of pyridine rings is 2. The summed E-state index contributed by atoms with van der Waals surface area (Å²) in [4.78, 5) is 32.9. The van der Waals surface area contributed by atoms with Gasteiger partial charge in [-0.05, 0) is 55.2 Å². The van der Waals surface area contributed by atoms with E-state index in [4.69, 9.17) is 0 Å². The monoisotopic (exact) mass is 461 g/mol. The number of rotatable bonds is 4. The third-order valence-corrected chi connectivity index (χ3v) is 6.67. The molecule has 5 nitrogen and oxygen atoms in total. The molecule has 0 radical (unpaired) electrons. The summed E-state index contributed by atoms with van der Waals surface area (Å²) in [5.74, 6) is -1.41. The van der Waals surface area contributed by atoms with Crippen molar-refractivity contribution < 1.29 is 13.6 Å². The lowest BCUT2D eigenvalue weighted by Gasteiger charge is -2.33. The van der Waals surface area contributed by atoms with E-state index in [-0.39, 0.29) is 35.1 Å². The van der Waals surface area contributed by atoms with Crippen LogP contribution in [0.4, 0.5) is 8.78 Å². The molecule has 1 aromatic carbocycles. The number of aromatic nitrogens is 2. The van der Waals surface area contributed by atoms with Crippen molar-refractivity contribution in [2.45, 2.75) is 38.8 Å². The minimum absolute atomic E-state index is 0.0278. The molecule has 1 aliphatic carbocycles. The predicted molar refractivity (Wildman–Crippen MR) is 125 cm³/mol. The van der Waals surface area contributed by atoms with E-state index in [9.17, 15) is 18.4 Å². The number of amides is 1. The van der Waals surface area contributed by atoms with Gasteiger partial charge >= 0.3 is 0 Å². The Balaban J connectivity index is 1.58. The maximum atomic E-state index is 14.7. The zero-order valence-corrected chi connectivity index (χ0v) is 18.7. The normalized spacial score (nSPS) is 17.5. The van der Waals surface area contributed by atoms with Crippen LogP contribution in [0.1, 0.15) is 36.2 Å². The molecule has 0 fully saturated rings. The molecule has 3 aromatic rings. The Morgan fingerprint density at radius 3 is 2.71 bits per heavy atom. The molecular formula is C27H25F2N3O2. The molecule has 1 aliphatic heterocycles. The van der Waals surface area contributed by atoms with E-state index in [0.29, 0.717) is 25.2 Å². The van der Waals surface area contributed by atoms with E-state index in [1.165, 1.54) is 6.07 Å². The molecule has 0 unspecified atom stereocenters. The number of carbonyl (C=O) groups excluding carboxylic acids is 1. The quantitative estimate of drug-likeness (QED) is 0.539. The zero-order chi connectivity index (χ0) is 23.7. The molecule has 1 amide bonds. The molecule has 5 rings (SSSR count). The maximum Gasteiger partial charge on any atom is 0.259 e. The molecule has 2 aromatic heterocycles. The topological polar surface area (TPSA) is 55.2 Å². The van der Waals surface area contributed by atoms with Gasteiger partial charge in [0.25, 0.3) is 5.56 Å². The van der Waals surface area contributed by atoms with Crippen LogP contribution in [0.2, 0.25) is 0 Å². The molecule has 0 saturated heterocycles. The third-order valence-electron chi connectivity index (χ3n) is 6.67. The van der Waals surface area contributed by atoms with Crippen molar-refractivity contribution in [3.8, 4) is 11.1 Å². The summed E-state index contributed by atoms with van der Waals surface area (Å²) in [5, 5.41) is 0. The molecule has 0 bridgehead atoms. The summed E-state index contributed by atoms with van der Waals surface area (Å²) in [7, 11) is 0. The van der Waals surface area contributed by atoms with Crippen LogP contribution in [0.15, 0.2) is 65.6 Å². The fourth-order valence-corrected chi connectivity index (χ4v) is 4.90. The second-order valence-electron chi connectivity index (χ2n) is 8.86. The summed E-state index contributed by atoms with van der Waals surface area (Å²) in [6.07, 6.45) is 8.84. The minimum Gasteiger partial charge on any atom is -0.338 e. The Hall–Kier alpha value is -3.61. The summed E-state index contributed by atoms with van der Waals surface area (Å²) < 4.78 is 29.8. The number of allylic oxidation sites excluding steroid dienone is 2. The van der Waals surface area contributed by atoms with Gasteiger partial charge in [-0.3, -0.25) is 14.6 Å². The van der Waals surface area contributed by atoms with Gasteiger partial charge in [0.2, 0.25) is 5.91 Å². The first-order valence-corrected chi connectivity index (χ1v) is 11.6. The second kappa shape index (κ2) is 9.33. The SMILES string of the molecule is O=C([C@H]1CC=CCC1)N1CCc2c(cc(-c3ccc(F)cc3F)c(=O)n2Cc2ccccn2)C1. The fourth-order valence-electron chi connectivity index (χ4n) is 4.90. The third kappa shape index (κ3) is 4.30. The highest BCUT2D eigenvalue weighted by atomic mass is 19.1. The van der Waals surface area contributed by atoms with E-state index in [1.54, 1.807) is 22.9 Å². The maximum absolute atomic E-state index is 14.7. The van der Waals surface area contributed by atoms with Crippen molar-refractivity contribution in [3.63, 3.8) is 0 Å². The molecule has 0 spiro atoms. The number of hydrogen-bond donors (Lipinski definition) is 0. The second-order valence-corrected chi connectivity index (χ2v) is 8.86. The predicted octanol–water partition coefficient (Wildman–Crippen LogP) is 4.48. The van der Waals surface area contributed by atoms with Crippen molar-refractivity contribution in [1.82, 2.24) is 14.5 Å². The van der Waals surface area contributed by atoms with Crippen molar-refractivity contribution in [1.29, 1.82) is 0 Å². The van der Waals surface area contributed by atoms with Crippen LogP contribution in [0.5, 0.6) is 0 Å². The number of benzene rings is 1. The van der Waals surface area contributed by atoms with Gasteiger partial charge in [-0.2, -0.15) is 0 Å². The van der Waals surface area contributed by atoms with Crippen LogP contribution in [-0.4, -0.2) is 26.9 Å². The molecule has 174 valence electrons. The Bertz CT molecular complexity index is 1320. The van der Waals surface area contributed by atoms with Gasteiger partial charge in [0.05, 0.1) is 17.8 Å². The standard InChI is InChI=1S/C27H25F2N3O2/c28-20-9-10-22(24(29)15-20)23-14-19-16-31(26(33)18-6-2-1-3-7-18)13-11-25(19)32(27(23)34)17-21-8-4-5-12-30-21/h1-2,4-5,8-10,12,14-15,18H,3,6-7,11,13,16-17H2/t18-/m0/s1. The van der Waals surface area contributed by atoms with E-state index < -0.39 is 11.6 Å². The van der Waals surface area contributed by atoms with Gasteiger partial charge in [0, 0.05) is 48.9 Å². The first-order valence-electron chi connectivity index (χ1n) is 11.6. The molecule has 7 heteroatoms. The van der Waals surface area contributed by atoms with E-state index in [1.807, 2.05) is 17.0 Å². The van der Waals surface area contributed by atoms with Gasteiger partial charge < -0.3 is 9.47 Å². The minimum atomic E-state index is -0.792. The highest BCUT2D eigenvalue weighted by Crippen LogP contribution is 2.28. The number of nitrogens with zero attached hydrogens (tertiary/aromatic N) is 3. The summed E-state index contributed by atoms with van der Waals surface area (Å²) in [5.41, 5.74) is 2.18. The smallest absolute Gasteiger partial charge is 0.259 e. The van der Waals surface area contributed by atoms with Crippen LogP contribution < -0.4 is 5.56 Å². The van der Waals surface area contributed by atoms with Gasteiger partial charge in [-0.15, -0.1) is 0 Å². The van der Waals surface area contributed by atoms with Crippen molar-refractivity contribution in [2.75, 3.05) is 6.54 Å². The largest absolute Gasteiger partial charge is 0.338 e. The molecular weight excluding hydrogens is 436 g/mol. The van der Waals surface area contributed by atoms with Gasteiger partial charge in [0.1, 0.15) is 11.6 Å². The molecule has 3 heterocycles. The van der Waals surface area contributed by atoms with Crippen molar-refractivity contribution in [2.24, 2.45) is 5.92 Å². The van der Waals surface area contributed by atoms with Gasteiger partial charge in [0.15, 0.2) is 0 Å². The van der Waals surface area contributed by atoms with Crippen molar-refractivity contribution >= 4 is 5.91 Å². The average molecular weight is 462 g/mol. The number of hydrogen-bond acceptors (Lipinski definition) is 3. The number of halogens is 2. The van der Waals surface area contributed by atoms with E-state index in [2.05, 4.69) is 17.1 Å². The van der Waals surface area contributed by atoms with Crippen LogP contribution in [0.25, 0.3) is 11.1 Å². The highest BCUT2D eigenvalue weighted by Gasteiger charge is 2.29. The molecule has 2 aliphatic rings. The fraction of sp³-hybridized carbons (Fsp3) is 0.296. The van der Waals surface area contributed by atoms with Crippen LogP contribution in [0.3, 0.4) is 0 Å². The molecule has 1 atom stereocenters. The zero-order valence-electron chi connectivity index (χ0n) is 18.7. The molecule has 0 N–H and O–H groups in total. The van der Waals surface area contributed by atoms with E-state index in [0.717, 1.165) is 42.7 Å². The van der Waals surface area contributed by atoms with Gasteiger partial charge in [-0.1, -0.05) is 18.2 Å². The van der Waals surface area contributed by atoms with Crippen LogP contribution in [0, 0.1) is 17.6 Å². The molecule has 34 heavy (non-hydrogen) atoms. The first-order chi connectivity index (χ1) is 16.5. The van der Waals surface area contributed by atoms with Crippen molar-refractivity contribution in [3.05, 3.63) is 99.8 Å². The Kier molecular flexibility index (Phi) is 6.09. The Labute approximate surface area is 196 Å². The Morgan fingerprint density at radius 2 is 1.97 bits per heavy atom. The number of fused-ring (bicyclic) bond motifs is 1. The van der Waals surface area contributed by atoms with Gasteiger partial charge in [-0.25, -0.2) is 8.78 Å².